The third-order valence-corrected chi connectivity index (χ3v) is 1.74. The lowest BCUT2D eigenvalue weighted by Crippen LogP contribution is -2.29. The van der Waals surface area contributed by atoms with Crippen LogP contribution in [-0.2, 0) is 4.79 Å². The third kappa shape index (κ3) is 2.26. The zero-order valence-electron chi connectivity index (χ0n) is 6.85. The van der Waals surface area contributed by atoms with Gasteiger partial charge in [-0.05, 0) is 5.56 Å². The second-order valence-corrected chi connectivity index (χ2v) is 2.68. The Morgan fingerprint density at radius 3 is 2.38 bits per heavy atom. The first kappa shape index (κ1) is 9.67. The van der Waals surface area contributed by atoms with E-state index in [4.69, 9.17) is 10.8 Å². The molecule has 1 rings (SSSR count). The van der Waals surface area contributed by atoms with Crippen LogP contribution in [0.4, 0.5) is 4.39 Å². The highest BCUT2D eigenvalue weighted by molar-refractivity contribution is 5.73. The largest absolute Gasteiger partial charge is 0.479 e. The lowest BCUT2D eigenvalue weighted by atomic mass is 10.0. The standard InChI is InChI=1S/C9H10FNO2/c10-7(9(12)13)8(11)6-4-2-1-3-5-6/h1-5,7-8H,11H2,(H,12,13)/t7-,8-/m0/s1. The van der Waals surface area contributed by atoms with Crippen molar-refractivity contribution in [2.75, 3.05) is 0 Å². The number of aliphatic carboxylic acids is 1. The van der Waals surface area contributed by atoms with Gasteiger partial charge >= 0.3 is 5.97 Å². The van der Waals surface area contributed by atoms with Gasteiger partial charge in [0.15, 0.2) is 0 Å². The van der Waals surface area contributed by atoms with E-state index in [0.717, 1.165) is 0 Å². The number of alkyl halides is 1. The molecule has 2 atom stereocenters. The van der Waals surface area contributed by atoms with Crippen LogP contribution in [0.1, 0.15) is 11.6 Å². The van der Waals surface area contributed by atoms with Crippen LogP contribution in [0, 0.1) is 0 Å². The van der Waals surface area contributed by atoms with Crippen molar-refractivity contribution >= 4 is 5.97 Å². The number of hydrogen-bond donors (Lipinski definition) is 2. The molecule has 0 saturated carbocycles. The number of benzene rings is 1. The van der Waals surface area contributed by atoms with Crippen LogP contribution in [-0.4, -0.2) is 17.2 Å². The summed E-state index contributed by atoms with van der Waals surface area (Å²) in [6.45, 7) is 0. The van der Waals surface area contributed by atoms with Crippen molar-refractivity contribution in [3.63, 3.8) is 0 Å². The Morgan fingerprint density at radius 2 is 1.92 bits per heavy atom. The number of carbonyl (C=O) groups is 1. The molecule has 0 heterocycles. The molecule has 70 valence electrons. The fraction of sp³-hybridized carbons (Fsp3) is 0.222. The van der Waals surface area contributed by atoms with Gasteiger partial charge in [-0.15, -0.1) is 0 Å². The highest BCUT2D eigenvalue weighted by atomic mass is 19.1. The van der Waals surface area contributed by atoms with Crippen molar-refractivity contribution in [2.24, 2.45) is 5.73 Å². The lowest BCUT2D eigenvalue weighted by Gasteiger charge is -2.12. The van der Waals surface area contributed by atoms with Gasteiger partial charge in [-0.25, -0.2) is 9.18 Å². The number of carboxylic acids is 1. The Bertz CT molecular complexity index is 289. The molecule has 1 aromatic rings. The summed E-state index contributed by atoms with van der Waals surface area (Å²) in [5, 5.41) is 8.36. The maximum absolute atomic E-state index is 12.9. The highest BCUT2D eigenvalue weighted by Gasteiger charge is 2.25. The Morgan fingerprint density at radius 1 is 1.38 bits per heavy atom. The molecule has 0 aliphatic carbocycles. The summed E-state index contributed by atoms with van der Waals surface area (Å²) < 4.78 is 12.9. The first-order valence-corrected chi connectivity index (χ1v) is 3.80. The van der Waals surface area contributed by atoms with Crippen LogP contribution in [0.2, 0.25) is 0 Å². The van der Waals surface area contributed by atoms with E-state index in [9.17, 15) is 9.18 Å². The van der Waals surface area contributed by atoms with Gasteiger partial charge in [0, 0.05) is 0 Å². The molecule has 0 unspecified atom stereocenters. The van der Waals surface area contributed by atoms with Crippen LogP contribution in [0.5, 0.6) is 0 Å². The molecule has 0 aromatic heterocycles. The Kier molecular flexibility index (Phi) is 2.97. The van der Waals surface area contributed by atoms with Crippen molar-refractivity contribution in [1.29, 1.82) is 0 Å². The van der Waals surface area contributed by atoms with E-state index in [1.165, 1.54) is 0 Å². The van der Waals surface area contributed by atoms with E-state index >= 15 is 0 Å². The Balaban J connectivity index is 2.79. The minimum atomic E-state index is -2.05. The van der Waals surface area contributed by atoms with Gasteiger partial charge in [-0.2, -0.15) is 0 Å². The van der Waals surface area contributed by atoms with Crippen LogP contribution < -0.4 is 5.73 Å². The summed E-state index contributed by atoms with van der Waals surface area (Å²) >= 11 is 0. The molecule has 3 nitrogen and oxygen atoms in total. The summed E-state index contributed by atoms with van der Waals surface area (Å²) in [6.07, 6.45) is -2.05. The second-order valence-electron chi connectivity index (χ2n) is 2.68. The van der Waals surface area contributed by atoms with Gasteiger partial charge < -0.3 is 10.8 Å². The fourth-order valence-corrected chi connectivity index (χ4v) is 0.998. The van der Waals surface area contributed by atoms with Crippen LogP contribution in [0.25, 0.3) is 0 Å². The van der Waals surface area contributed by atoms with Crippen molar-refractivity contribution in [1.82, 2.24) is 0 Å². The number of hydrogen-bond acceptors (Lipinski definition) is 2. The molecule has 0 fully saturated rings. The maximum atomic E-state index is 12.9. The van der Waals surface area contributed by atoms with Gasteiger partial charge in [-0.1, -0.05) is 30.3 Å². The van der Waals surface area contributed by atoms with E-state index in [1.54, 1.807) is 30.3 Å². The summed E-state index contributed by atoms with van der Waals surface area (Å²) in [5.74, 6) is -1.53. The first-order valence-electron chi connectivity index (χ1n) is 3.80. The summed E-state index contributed by atoms with van der Waals surface area (Å²) in [7, 11) is 0. The quantitative estimate of drug-likeness (QED) is 0.737. The Hall–Kier alpha value is -1.42. The smallest absolute Gasteiger partial charge is 0.340 e. The third-order valence-electron chi connectivity index (χ3n) is 1.74. The predicted octanol–water partition coefficient (Wildman–Crippen LogP) is 1.11. The van der Waals surface area contributed by atoms with Gasteiger partial charge in [0.2, 0.25) is 6.17 Å². The SMILES string of the molecule is N[C@@H](c1ccccc1)[C@H](F)C(=O)O. The van der Waals surface area contributed by atoms with Crippen molar-refractivity contribution < 1.29 is 14.3 Å². The first-order chi connectivity index (χ1) is 6.13. The second kappa shape index (κ2) is 4.00. The van der Waals surface area contributed by atoms with Crippen molar-refractivity contribution in [3.8, 4) is 0 Å². The van der Waals surface area contributed by atoms with E-state index in [2.05, 4.69) is 0 Å². The average Bonchev–Trinajstić information content (AvgIpc) is 2.17. The van der Waals surface area contributed by atoms with Crippen LogP contribution in [0.3, 0.4) is 0 Å². The van der Waals surface area contributed by atoms with Gasteiger partial charge in [0.25, 0.3) is 0 Å². The molecule has 0 spiro atoms. The van der Waals surface area contributed by atoms with E-state index in [1.807, 2.05) is 0 Å². The molecule has 0 aliphatic heterocycles. The molecule has 1 aromatic carbocycles. The topological polar surface area (TPSA) is 63.3 Å². The van der Waals surface area contributed by atoms with E-state index in [-0.39, 0.29) is 0 Å². The maximum Gasteiger partial charge on any atom is 0.340 e. The molecule has 0 radical (unpaired) electrons. The zero-order chi connectivity index (χ0) is 9.84. The average molecular weight is 183 g/mol. The number of carboxylic acid groups (broad SMARTS) is 1. The molecule has 0 amide bonds. The minimum Gasteiger partial charge on any atom is -0.479 e. The van der Waals surface area contributed by atoms with Gasteiger partial charge in [-0.3, -0.25) is 0 Å². The predicted molar refractivity (Wildman–Crippen MR) is 45.9 cm³/mol. The van der Waals surface area contributed by atoms with Crippen molar-refractivity contribution in [2.45, 2.75) is 12.2 Å². The van der Waals surface area contributed by atoms with Crippen LogP contribution >= 0.6 is 0 Å². The van der Waals surface area contributed by atoms with Crippen LogP contribution in [0.15, 0.2) is 30.3 Å². The van der Waals surface area contributed by atoms with Gasteiger partial charge in [0.1, 0.15) is 0 Å². The van der Waals surface area contributed by atoms with E-state index in [0.29, 0.717) is 5.56 Å². The summed E-state index contributed by atoms with van der Waals surface area (Å²) in [6, 6.07) is 7.22. The fourth-order valence-electron chi connectivity index (χ4n) is 0.998. The normalized spacial score (nSPS) is 14.9. The molecular formula is C9H10FNO2. The van der Waals surface area contributed by atoms with Gasteiger partial charge in [0.05, 0.1) is 6.04 Å². The summed E-state index contributed by atoms with van der Waals surface area (Å²) in [4.78, 5) is 10.3. The molecule has 4 heteroatoms. The molecule has 0 saturated heterocycles. The number of halogens is 1. The lowest BCUT2D eigenvalue weighted by molar-refractivity contribution is -0.143. The Labute approximate surface area is 75.0 Å². The molecular weight excluding hydrogens is 173 g/mol. The van der Waals surface area contributed by atoms with E-state index < -0.39 is 18.2 Å². The molecule has 0 aliphatic rings. The highest BCUT2D eigenvalue weighted by Crippen LogP contribution is 2.16. The molecule has 0 bridgehead atoms. The summed E-state index contributed by atoms with van der Waals surface area (Å²) in [5.41, 5.74) is 5.87. The minimum absolute atomic E-state index is 0.484. The monoisotopic (exact) mass is 183 g/mol. The van der Waals surface area contributed by atoms with Crippen molar-refractivity contribution in [3.05, 3.63) is 35.9 Å². The number of rotatable bonds is 3. The zero-order valence-corrected chi connectivity index (χ0v) is 6.85. The molecule has 13 heavy (non-hydrogen) atoms. The molecule has 3 N–H and O–H groups in total. The number of nitrogens with two attached hydrogens (primary N) is 1.